The van der Waals surface area contributed by atoms with Gasteiger partial charge in [-0.05, 0) is 52.0 Å². The van der Waals surface area contributed by atoms with Gasteiger partial charge in [-0.2, -0.15) is 0 Å². The second-order valence-electron chi connectivity index (χ2n) is 7.29. The molecule has 0 aliphatic carbocycles. The van der Waals surface area contributed by atoms with Crippen LogP contribution >= 0.6 is 0 Å². The molecule has 0 bridgehead atoms. The number of nitrogens with one attached hydrogen (secondary N) is 1. The van der Waals surface area contributed by atoms with Crippen molar-refractivity contribution in [2.45, 2.75) is 65.5 Å². The molecule has 1 aliphatic heterocycles. The number of piperidine rings is 1. The number of rotatable bonds is 5. The largest absolute Gasteiger partial charge is 0.349 e. The molecule has 1 N–H and O–H groups in total. The predicted molar refractivity (Wildman–Crippen MR) is 96.4 cm³/mol. The minimum atomic E-state index is -1.05. The Hall–Kier alpha value is -1.84. The van der Waals surface area contributed by atoms with Gasteiger partial charge in [0.15, 0.2) is 0 Å². The number of benzene rings is 1. The summed E-state index contributed by atoms with van der Waals surface area (Å²) in [5.41, 5.74) is -0.00753. The highest BCUT2D eigenvalue weighted by molar-refractivity contribution is 6.04. The zero-order valence-corrected chi connectivity index (χ0v) is 15.3. The molecule has 0 aromatic heterocycles. The smallest absolute Gasteiger partial charge is 0.237 e. The van der Waals surface area contributed by atoms with Gasteiger partial charge in [-0.3, -0.25) is 9.59 Å². The van der Waals surface area contributed by atoms with E-state index in [1.54, 1.807) is 13.8 Å². The first-order valence-corrected chi connectivity index (χ1v) is 9.05. The molecule has 24 heavy (non-hydrogen) atoms. The third-order valence-electron chi connectivity index (χ3n) is 5.11. The highest BCUT2D eigenvalue weighted by atomic mass is 16.2. The van der Waals surface area contributed by atoms with Crippen molar-refractivity contribution in [1.29, 1.82) is 0 Å². The second-order valence-corrected chi connectivity index (χ2v) is 7.29. The molecule has 132 valence electrons. The molecule has 1 saturated heterocycles. The molecule has 0 radical (unpaired) electrons. The molecule has 2 unspecified atom stereocenters. The maximum absolute atomic E-state index is 13.0. The Bertz CT molecular complexity index is 568. The first-order chi connectivity index (χ1) is 11.4. The van der Waals surface area contributed by atoms with Crippen LogP contribution in [0, 0.1) is 5.41 Å². The summed E-state index contributed by atoms with van der Waals surface area (Å²) in [4.78, 5) is 27.7. The molecular formula is C20H30N2O2. The van der Waals surface area contributed by atoms with Crippen molar-refractivity contribution in [1.82, 2.24) is 10.2 Å². The summed E-state index contributed by atoms with van der Waals surface area (Å²) in [7, 11) is 0. The number of hydrogen-bond donors (Lipinski definition) is 1. The summed E-state index contributed by atoms with van der Waals surface area (Å²) < 4.78 is 0. The van der Waals surface area contributed by atoms with Crippen molar-refractivity contribution in [3.63, 3.8) is 0 Å². The normalized spacial score (nSPS) is 19.7. The van der Waals surface area contributed by atoms with Gasteiger partial charge >= 0.3 is 0 Å². The Labute approximate surface area is 145 Å². The van der Waals surface area contributed by atoms with Crippen LogP contribution in [0.4, 0.5) is 0 Å². The molecule has 0 saturated carbocycles. The van der Waals surface area contributed by atoms with Crippen molar-refractivity contribution in [3.05, 3.63) is 35.9 Å². The fraction of sp³-hybridized carbons (Fsp3) is 0.600. The number of nitrogens with zero attached hydrogens (tertiary/aromatic N) is 1. The van der Waals surface area contributed by atoms with Gasteiger partial charge in [-0.25, -0.2) is 0 Å². The fourth-order valence-corrected chi connectivity index (χ4v) is 3.35. The van der Waals surface area contributed by atoms with Gasteiger partial charge in [-0.1, -0.05) is 37.3 Å². The summed E-state index contributed by atoms with van der Waals surface area (Å²) in [5.74, 6) is -0.254. The summed E-state index contributed by atoms with van der Waals surface area (Å²) >= 11 is 0. The SMILES string of the molecule is CCC1CCCCN1C(=O)C(C)(C)C(=O)NC(C)c1ccccc1. The third-order valence-corrected chi connectivity index (χ3v) is 5.11. The summed E-state index contributed by atoms with van der Waals surface area (Å²) in [6.07, 6.45) is 4.19. The van der Waals surface area contributed by atoms with E-state index in [9.17, 15) is 9.59 Å². The monoisotopic (exact) mass is 330 g/mol. The molecule has 4 nitrogen and oxygen atoms in total. The molecule has 1 aromatic carbocycles. The first-order valence-electron chi connectivity index (χ1n) is 9.05. The van der Waals surface area contributed by atoms with Gasteiger partial charge in [0.05, 0.1) is 6.04 Å². The molecule has 1 aromatic rings. The van der Waals surface area contributed by atoms with E-state index in [0.29, 0.717) is 0 Å². The topological polar surface area (TPSA) is 49.4 Å². The molecule has 2 amide bonds. The summed E-state index contributed by atoms with van der Waals surface area (Å²) in [6.45, 7) is 8.31. The van der Waals surface area contributed by atoms with Crippen LogP contribution in [-0.4, -0.2) is 29.3 Å². The highest BCUT2D eigenvalue weighted by Gasteiger charge is 2.41. The Kier molecular flexibility index (Phi) is 6.03. The van der Waals surface area contributed by atoms with Crippen LogP contribution in [0.5, 0.6) is 0 Å². The zero-order chi connectivity index (χ0) is 17.7. The van der Waals surface area contributed by atoms with E-state index in [4.69, 9.17) is 0 Å². The number of carbonyl (C=O) groups excluding carboxylic acids is 2. The average Bonchev–Trinajstić information content (AvgIpc) is 2.61. The van der Waals surface area contributed by atoms with Crippen molar-refractivity contribution < 1.29 is 9.59 Å². The number of carbonyl (C=O) groups is 2. The van der Waals surface area contributed by atoms with Crippen LogP contribution in [0.2, 0.25) is 0 Å². The average molecular weight is 330 g/mol. The van der Waals surface area contributed by atoms with E-state index in [-0.39, 0.29) is 23.9 Å². The number of amides is 2. The van der Waals surface area contributed by atoms with E-state index in [0.717, 1.165) is 31.4 Å². The lowest BCUT2D eigenvalue weighted by Crippen LogP contribution is -2.54. The summed E-state index contributed by atoms with van der Waals surface area (Å²) in [5, 5.41) is 3.00. The van der Waals surface area contributed by atoms with Crippen molar-refractivity contribution in [3.8, 4) is 0 Å². The fourth-order valence-electron chi connectivity index (χ4n) is 3.35. The lowest BCUT2D eigenvalue weighted by molar-refractivity contribution is -0.151. The molecule has 2 atom stereocenters. The highest BCUT2D eigenvalue weighted by Crippen LogP contribution is 2.27. The Morgan fingerprint density at radius 3 is 2.54 bits per heavy atom. The first kappa shape index (κ1) is 18.5. The van der Waals surface area contributed by atoms with Gasteiger partial charge in [0.1, 0.15) is 5.41 Å². The molecular weight excluding hydrogens is 300 g/mol. The van der Waals surface area contributed by atoms with Crippen LogP contribution in [0.3, 0.4) is 0 Å². The van der Waals surface area contributed by atoms with Gasteiger partial charge in [0, 0.05) is 12.6 Å². The standard InChI is InChI=1S/C20H30N2O2/c1-5-17-13-9-10-14-22(17)19(24)20(3,4)18(23)21-15(2)16-11-7-6-8-12-16/h6-8,11-12,15,17H,5,9-10,13-14H2,1-4H3,(H,21,23). The molecule has 0 spiro atoms. The maximum atomic E-state index is 13.0. The van der Waals surface area contributed by atoms with Crippen LogP contribution in [0.1, 0.15) is 65.0 Å². The van der Waals surface area contributed by atoms with Crippen LogP contribution < -0.4 is 5.32 Å². The second kappa shape index (κ2) is 7.82. The Morgan fingerprint density at radius 1 is 1.25 bits per heavy atom. The minimum Gasteiger partial charge on any atom is -0.349 e. The zero-order valence-electron chi connectivity index (χ0n) is 15.3. The van der Waals surface area contributed by atoms with Gasteiger partial charge in [0.2, 0.25) is 11.8 Å². The number of likely N-dealkylation sites (tertiary alicyclic amines) is 1. The molecule has 4 heteroatoms. The van der Waals surface area contributed by atoms with E-state index in [1.807, 2.05) is 42.2 Å². The van der Waals surface area contributed by atoms with E-state index in [1.165, 1.54) is 6.42 Å². The van der Waals surface area contributed by atoms with Crippen LogP contribution in [0.25, 0.3) is 0 Å². The minimum absolute atomic E-state index is 0.0492. The third kappa shape index (κ3) is 3.97. The summed E-state index contributed by atoms with van der Waals surface area (Å²) in [6, 6.07) is 9.97. The van der Waals surface area contributed by atoms with Gasteiger partial charge in [0.25, 0.3) is 0 Å². The van der Waals surface area contributed by atoms with Crippen molar-refractivity contribution >= 4 is 11.8 Å². The van der Waals surface area contributed by atoms with Crippen molar-refractivity contribution in [2.24, 2.45) is 5.41 Å². The molecule has 2 rings (SSSR count). The van der Waals surface area contributed by atoms with E-state index >= 15 is 0 Å². The predicted octanol–water partition coefficient (Wildman–Crippen LogP) is 3.68. The van der Waals surface area contributed by atoms with E-state index < -0.39 is 5.41 Å². The lowest BCUT2D eigenvalue weighted by Gasteiger charge is -2.39. The van der Waals surface area contributed by atoms with E-state index in [2.05, 4.69) is 12.2 Å². The molecule has 1 fully saturated rings. The quantitative estimate of drug-likeness (QED) is 0.837. The molecule has 1 aliphatic rings. The van der Waals surface area contributed by atoms with Crippen LogP contribution in [0.15, 0.2) is 30.3 Å². The van der Waals surface area contributed by atoms with Crippen molar-refractivity contribution in [2.75, 3.05) is 6.54 Å². The maximum Gasteiger partial charge on any atom is 0.237 e. The van der Waals surface area contributed by atoms with Gasteiger partial charge < -0.3 is 10.2 Å². The van der Waals surface area contributed by atoms with Gasteiger partial charge in [-0.15, -0.1) is 0 Å². The number of hydrogen-bond acceptors (Lipinski definition) is 2. The Balaban J connectivity index is 2.07. The molecule has 1 heterocycles. The van der Waals surface area contributed by atoms with Crippen LogP contribution in [-0.2, 0) is 9.59 Å². The lowest BCUT2D eigenvalue weighted by atomic mass is 9.87. The Morgan fingerprint density at radius 2 is 1.92 bits per heavy atom.